The zero-order valence-electron chi connectivity index (χ0n) is 21.6. The molecule has 0 saturated carbocycles. The molecule has 0 aliphatic carbocycles. The van der Waals surface area contributed by atoms with E-state index in [0.29, 0.717) is 23.2 Å². The van der Waals surface area contributed by atoms with Gasteiger partial charge in [-0.1, -0.05) is 80.4 Å². The number of carbonyl (C=O) groups is 2. The Hall–Kier alpha value is -2.66. The fourth-order valence-corrected chi connectivity index (χ4v) is 7.19. The van der Waals surface area contributed by atoms with Crippen LogP contribution in [0.1, 0.15) is 82.3 Å². The van der Waals surface area contributed by atoms with E-state index in [1.807, 2.05) is 60.7 Å². The van der Waals surface area contributed by atoms with Crippen LogP contribution in [-0.2, 0) is 24.7 Å². The van der Waals surface area contributed by atoms with Gasteiger partial charge in [-0.25, -0.2) is 4.79 Å². The molecule has 3 heterocycles. The first-order chi connectivity index (χ1) is 17.6. The molecule has 5 nitrogen and oxygen atoms in total. The van der Waals surface area contributed by atoms with Crippen molar-refractivity contribution >= 4 is 11.9 Å². The molecule has 5 heteroatoms. The van der Waals surface area contributed by atoms with Crippen molar-refractivity contribution < 1.29 is 23.5 Å². The molecule has 0 aromatic heterocycles. The molecule has 3 aliphatic rings. The van der Waals surface area contributed by atoms with Gasteiger partial charge in [0.25, 0.3) is 5.60 Å². The molecule has 2 aromatic rings. The van der Waals surface area contributed by atoms with Gasteiger partial charge >= 0.3 is 11.9 Å². The Morgan fingerprint density at radius 2 is 1.42 bits per heavy atom. The second kappa shape index (κ2) is 10.8. The average molecular weight is 491 g/mol. The Morgan fingerprint density at radius 3 is 1.94 bits per heavy atom. The van der Waals surface area contributed by atoms with Crippen LogP contribution >= 0.6 is 0 Å². The average Bonchev–Trinajstić information content (AvgIpc) is 3.45. The number of esters is 2. The summed E-state index contributed by atoms with van der Waals surface area (Å²) in [4.78, 5) is 27.4. The van der Waals surface area contributed by atoms with Crippen LogP contribution in [0, 0.1) is 0 Å². The quantitative estimate of drug-likeness (QED) is 0.249. The molecule has 3 aliphatic heterocycles. The monoisotopic (exact) mass is 490 g/mol. The predicted molar refractivity (Wildman–Crippen MR) is 139 cm³/mol. The van der Waals surface area contributed by atoms with Crippen LogP contribution in [0.15, 0.2) is 60.7 Å². The van der Waals surface area contributed by atoms with E-state index in [0.717, 1.165) is 32.1 Å². The number of hydrogen-bond acceptors (Lipinski definition) is 4. The lowest BCUT2D eigenvalue weighted by Gasteiger charge is -2.47. The van der Waals surface area contributed by atoms with Crippen molar-refractivity contribution in [3.8, 4) is 0 Å². The largest absolute Gasteiger partial charge is 0.458 e. The first kappa shape index (κ1) is 25.0. The van der Waals surface area contributed by atoms with Crippen molar-refractivity contribution in [1.29, 1.82) is 0 Å². The molecular formula is C31H40NO4+. The van der Waals surface area contributed by atoms with E-state index < -0.39 is 11.6 Å². The minimum atomic E-state index is -1.61. The van der Waals surface area contributed by atoms with Gasteiger partial charge in [0.15, 0.2) is 0 Å². The molecule has 36 heavy (non-hydrogen) atoms. The first-order valence-corrected chi connectivity index (χ1v) is 14.0. The molecule has 0 radical (unpaired) electrons. The smallest absolute Gasteiger partial charge is 0.360 e. The fraction of sp³-hybridized carbons (Fsp3) is 0.548. The molecule has 2 bridgehead atoms. The zero-order chi connectivity index (χ0) is 25.0. The Morgan fingerprint density at radius 1 is 0.861 bits per heavy atom. The van der Waals surface area contributed by atoms with Gasteiger partial charge in [-0.3, -0.25) is 4.79 Å². The number of piperidine rings is 1. The summed E-state index contributed by atoms with van der Waals surface area (Å²) in [6, 6.07) is 20.0. The van der Waals surface area contributed by atoms with Crippen LogP contribution in [0.5, 0.6) is 0 Å². The van der Waals surface area contributed by atoms with Crippen LogP contribution in [0.2, 0.25) is 0 Å². The van der Waals surface area contributed by atoms with Crippen LogP contribution in [-0.4, -0.2) is 47.7 Å². The summed E-state index contributed by atoms with van der Waals surface area (Å²) < 4.78 is 13.8. The van der Waals surface area contributed by atoms with Crippen molar-refractivity contribution in [3.63, 3.8) is 0 Å². The molecule has 3 fully saturated rings. The maximum atomic E-state index is 14.2. The standard InChI is InChI=1S/C31H40NO4/c1-2-3-6-17-29(33)36-31(24-13-7-4-8-14-24,25-15-9-5-10-16-25)30(34)35-28-22-26-18-19-27(23-28)32(26)20-11-12-21-32/h4-5,7-10,13-16,26-28H,2-3,6,11-12,17-23H2,1H3/q+1. The molecule has 192 valence electrons. The Kier molecular flexibility index (Phi) is 7.47. The first-order valence-electron chi connectivity index (χ1n) is 14.0. The highest BCUT2D eigenvalue weighted by atomic mass is 16.6. The van der Waals surface area contributed by atoms with Crippen LogP contribution in [0.3, 0.4) is 0 Å². The van der Waals surface area contributed by atoms with Crippen molar-refractivity contribution in [1.82, 2.24) is 0 Å². The number of unbranched alkanes of at least 4 members (excludes halogenated alkanes) is 2. The Balaban J connectivity index is 1.45. The highest BCUT2D eigenvalue weighted by molar-refractivity contribution is 5.89. The number of quaternary nitrogens is 1. The number of hydrogen-bond donors (Lipinski definition) is 0. The third-order valence-electron chi connectivity index (χ3n) is 8.93. The van der Waals surface area contributed by atoms with E-state index in [2.05, 4.69) is 6.92 Å². The summed E-state index contributed by atoms with van der Waals surface area (Å²) >= 11 is 0. The topological polar surface area (TPSA) is 52.6 Å². The Bertz CT molecular complexity index is 976. The molecule has 2 unspecified atom stereocenters. The number of benzene rings is 2. The third kappa shape index (κ3) is 4.58. The van der Waals surface area contributed by atoms with Gasteiger partial charge in [-0.15, -0.1) is 0 Å². The van der Waals surface area contributed by atoms with Crippen molar-refractivity contribution in [2.75, 3.05) is 13.1 Å². The molecule has 0 amide bonds. The SMILES string of the molecule is CCCCCC(=O)OC(C(=O)OC1CC2CCC(C1)[N+]21CCCC1)(c1ccccc1)c1ccccc1. The molecule has 2 atom stereocenters. The summed E-state index contributed by atoms with van der Waals surface area (Å²) in [5.74, 6) is -0.832. The van der Waals surface area contributed by atoms with Gasteiger partial charge in [0.1, 0.15) is 6.10 Å². The summed E-state index contributed by atoms with van der Waals surface area (Å²) in [7, 11) is 0. The molecule has 3 saturated heterocycles. The molecule has 2 aromatic carbocycles. The van der Waals surface area contributed by atoms with Gasteiger partial charge < -0.3 is 14.0 Å². The molecule has 1 spiro atoms. The second-order valence-electron chi connectivity index (χ2n) is 11.0. The number of rotatable bonds is 9. The summed E-state index contributed by atoms with van der Waals surface area (Å²) in [5.41, 5.74) is -0.346. The number of nitrogens with zero attached hydrogens (tertiary/aromatic N) is 1. The highest BCUT2D eigenvalue weighted by Gasteiger charge is 2.57. The normalized spacial score (nSPS) is 24.5. The van der Waals surface area contributed by atoms with E-state index in [4.69, 9.17) is 9.47 Å². The Labute approximate surface area is 215 Å². The van der Waals surface area contributed by atoms with E-state index in [1.54, 1.807) is 0 Å². The van der Waals surface area contributed by atoms with Crippen LogP contribution in [0.4, 0.5) is 0 Å². The summed E-state index contributed by atoms with van der Waals surface area (Å²) in [6.07, 6.45) is 9.78. The van der Waals surface area contributed by atoms with Crippen molar-refractivity contribution in [2.24, 2.45) is 0 Å². The molecule has 0 N–H and O–H groups in total. The predicted octanol–water partition coefficient (Wildman–Crippen LogP) is 5.90. The van der Waals surface area contributed by atoms with Gasteiger partial charge in [0.05, 0.1) is 25.2 Å². The lowest BCUT2D eigenvalue weighted by molar-refractivity contribution is -0.956. The molecule has 5 rings (SSSR count). The lowest BCUT2D eigenvalue weighted by atomic mass is 9.85. The van der Waals surface area contributed by atoms with Crippen LogP contribution < -0.4 is 0 Å². The summed E-state index contributed by atoms with van der Waals surface area (Å²) in [6.45, 7) is 4.67. The van der Waals surface area contributed by atoms with Gasteiger partial charge in [-0.05, 0) is 6.42 Å². The van der Waals surface area contributed by atoms with Crippen molar-refractivity contribution in [3.05, 3.63) is 71.8 Å². The van der Waals surface area contributed by atoms with Gasteiger partial charge in [0.2, 0.25) is 0 Å². The second-order valence-corrected chi connectivity index (χ2v) is 11.0. The van der Waals surface area contributed by atoms with E-state index >= 15 is 0 Å². The maximum Gasteiger partial charge on any atom is 0.360 e. The fourth-order valence-electron chi connectivity index (χ4n) is 7.19. The van der Waals surface area contributed by atoms with Gasteiger partial charge in [0, 0.05) is 56.1 Å². The van der Waals surface area contributed by atoms with Crippen LogP contribution in [0.25, 0.3) is 0 Å². The van der Waals surface area contributed by atoms with Crippen molar-refractivity contribution in [2.45, 2.75) is 94.9 Å². The minimum absolute atomic E-state index is 0.134. The zero-order valence-corrected chi connectivity index (χ0v) is 21.6. The van der Waals surface area contributed by atoms with Gasteiger partial charge in [-0.2, -0.15) is 0 Å². The number of ether oxygens (including phenoxy) is 2. The maximum absolute atomic E-state index is 14.2. The van der Waals surface area contributed by atoms with E-state index in [1.165, 1.54) is 43.3 Å². The number of carbonyl (C=O) groups excluding carboxylic acids is 2. The molecular weight excluding hydrogens is 450 g/mol. The third-order valence-corrected chi connectivity index (χ3v) is 8.93. The summed E-state index contributed by atoms with van der Waals surface area (Å²) in [5, 5.41) is 0. The van der Waals surface area contributed by atoms with E-state index in [9.17, 15) is 9.59 Å². The minimum Gasteiger partial charge on any atom is -0.458 e. The van der Waals surface area contributed by atoms with E-state index in [-0.39, 0.29) is 18.5 Å². The lowest BCUT2D eigenvalue weighted by Crippen LogP contribution is -2.60. The highest BCUT2D eigenvalue weighted by Crippen LogP contribution is 2.47.